The fourth-order valence-corrected chi connectivity index (χ4v) is 2.66. The van der Waals surface area contributed by atoms with E-state index in [2.05, 4.69) is 46.2 Å². The van der Waals surface area contributed by atoms with Gasteiger partial charge in [-0.1, -0.05) is 0 Å². The third-order valence-corrected chi connectivity index (χ3v) is 4.15. The summed E-state index contributed by atoms with van der Waals surface area (Å²) in [5.74, 6) is 0. The molecule has 1 N–H and O–H groups in total. The smallest absolute Gasteiger partial charge is 0.0715 e. The van der Waals surface area contributed by atoms with Crippen LogP contribution in [0, 0.1) is 6.92 Å². The van der Waals surface area contributed by atoms with E-state index in [1.54, 1.807) is 0 Å². The predicted octanol–water partition coefficient (Wildman–Crippen LogP) is 1.42. The minimum absolute atomic E-state index is 0.0329. The second-order valence-electron chi connectivity index (χ2n) is 5.65. The summed E-state index contributed by atoms with van der Waals surface area (Å²) in [5, 5.41) is 13.7. The number of aliphatic hydroxyl groups excluding tert-OH is 1. The van der Waals surface area contributed by atoms with E-state index < -0.39 is 0 Å². The van der Waals surface area contributed by atoms with Gasteiger partial charge in [-0.15, -0.1) is 0 Å². The first-order valence-corrected chi connectivity index (χ1v) is 7.37. The number of aromatic nitrogens is 2. The molecule has 112 valence electrons. The van der Waals surface area contributed by atoms with Gasteiger partial charge < -0.3 is 14.9 Å². The average Bonchev–Trinajstić information content (AvgIpc) is 2.89. The van der Waals surface area contributed by atoms with Gasteiger partial charge in [0.05, 0.1) is 18.0 Å². The van der Waals surface area contributed by atoms with Gasteiger partial charge in [-0.2, -0.15) is 5.10 Å². The second kappa shape index (κ2) is 5.87. The van der Waals surface area contributed by atoms with Crippen molar-refractivity contribution in [2.75, 3.05) is 38.1 Å². The van der Waals surface area contributed by atoms with Gasteiger partial charge in [0.1, 0.15) is 0 Å². The summed E-state index contributed by atoms with van der Waals surface area (Å²) in [7, 11) is 2.17. The van der Waals surface area contributed by atoms with Gasteiger partial charge in [0.2, 0.25) is 0 Å². The van der Waals surface area contributed by atoms with Crippen molar-refractivity contribution < 1.29 is 5.11 Å². The van der Waals surface area contributed by atoms with Crippen LogP contribution in [0.5, 0.6) is 0 Å². The molecule has 2 aromatic rings. The normalized spacial score (nSPS) is 16.4. The van der Waals surface area contributed by atoms with E-state index in [1.165, 1.54) is 5.69 Å². The maximum atomic E-state index is 9.25. The van der Waals surface area contributed by atoms with Crippen LogP contribution in [-0.4, -0.2) is 53.0 Å². The molecular formula is C16H22N4O. The number of anilines is 1. The standard InChI is InChI=1S/C16H22N4O/c1-13-14(12-21)11-20(17-13)16-5-3-15(4-6-16)19-9-7-18(2)8-10-19/h3-6,11,21H,7-10,12H2,1-2H3. The predicted molar refractivity (Wildman–Crippen MR) is 83.9 cm³/mol. The lowest BCUT2D eigenvalue weighted by atomic mass is 10.2. The molecule has 1 saturated heterocycles. The summed E-state index contributed by atoms with van der Waals surface area (Å²) >= 11 is 0. The van der Waals surface area contributed by atoms with Gasteiger partial charge >= 0.3 is 0 Å². The number of rotatable bonds is 3. The lowest BCUT2D eigenvalue weighted by molar-refractivity contribution is 0.281. The van der Waals surface area contributed by atoms with Crippen molar-refractivity contribution in [3.63, 3.8) is 0 Å². The molecule has 0 unspecified atom stereocenters. The molecule has 0 aliphatic carbocycles. The molecule has 3 rings (SSSR count). The molecule has 0 amide bonds. The number of hydrogen-bond donors (Lipinski definition) is 1. The van der Waals surface area contributed by atoms with Gasteiger partial charge in [0.15, 0.2) is 0 Å². The van der Waals surface area contributed by atoms with Crippen LogP contribution in [0.1, 0.15) is 11.3 Å². The summed E-state index contributed by atoms with van der Waals surface area (Å²) in [6.07, 6.45) is 1.89. The van der Waals surface area contributed by atoms with Crippen LogP contribution in [0.25, 0.3) is 5.69 Å². The quantitative estimate of drug-likeness (QED) is 0.927. The molecule has 1 aliphatic heterocycles. The summed E-state index contributed by atoms with van der Waals surface area (Å²) < 4.78 is 1.83. The molecule has 0 radical (unpaired) electrons. The Labute approximate surface area is 125 Å². The third-order valence-electron chi connectivity index (χ3n) is 4.15. The number of likely N-dealkylation sites (N-methyl/N-ethyl adjacent to an activating group) is 1. The summed E-state index contributed by atoms with van der Waals surface area (Å²) in [6, 6.07) is 8.47. The largest absolute Gasteiger partial charge is 0.392 e. The minimum atomic E-state index is 0.0329. The Morgan fingerprint density at radius 3 is 2.24 bits per heavy atom. The molecule has 1 aromatic carbocycles. The Hall–Kier alpha value is -1.85. The SMILES string of the molecule is Cc1nn(-c2ccc(N3CCN(C)CC3)cc2)cc1CO. The van der Waals surface area contributed by atoms with Crippen molar-refractivity contribution in [1.29, 1.82) is 0 Å². The van der Waals surface area contributed by atoms with Crippen LogP contribution in [0.3, 0.4) is 0 Å². The van der Waals surface area contributed by atoms with E-state index in [0.29, 0.717) is 0 Å². The number of hydrogen-bond acceptors (Lipinski definition) is 4. The van der Waals surface area contributed by atoms with Crippen molar-refractivity contribution >= 4 is 5.69 Å². The molecule has 0 saturated carbocycles. The van der Waals surface area contributed by atoms with Gasteiger partial charge in [-0.25, -0.2) is 4.68 Å². The summed E-state index contributed by atoms with van der Waals surface area (Å²) in [4.78, 5) is 4.77. The molecule has 5 nitrogen and oxygen atoms in total. The van der Waals surface area contributed by atoms with Crippen LogP contribution in [0.4, 0.5) is 5.69 Å². The van der Waals surface area contributed by atoms with Crippen LogP contribution in [0.15, 0.2) is 30.5 Å². The zero-order valence-electron chi connectivity index (χ0n) is 12.7. The molecule has 5 heteroatoms. The van der Waals surface area contributed by atoms with Gasteiger partial charge in [0.25, 0.3) is 0 Å². The fraction of sp³-hybridized carbons (Fsp3) is 0.438. The zero-order chi connectivity index (χ0) is 14.8. The van der Waals surface area contributed by atoms with Gasteiger partial charge in [-0.3, -0.25) is 0 Å². The maximum absolute atomic E-state index is 9.25. The number of nitrogens with zero attached hydrogens (tertiary/aromatic N) is 4. The van der Waals surface area contributed by atoms with Gasteiger partial charge in [-0.05, 0) is 38.2 Å². The van der Waals surface area contributed by atoms with Crippen LogP contribution in [0.2, 0.25) is 0 Å². The van der Waals surface area contributed by atoms with E-state index in [4.69, 9.17) is 0 Å². The lowest BCUT2D eigenvalue weighted by Gasteiger charge is -2.34. The van der Waals surface area contributed by atoms with Crippen LogP contribution < -0.4 is 4.90 Å². The molecule has 1 fully saturated rings. The van der Waals surface area contributed by atoms with E-state index in [-0.39, 0.29) is 6.61 Å². The highest BCUT2D eigenvalue weighted by molar-refractivity contribution is 5.51. The Morgan fingerprint density at radius 1 is 1.05 bits per heavy atom. The number of benzene rings is 1. The monoisotopic (exact) mass is 286 g/mol. The van der Waals surface area contributed by atoms with E-state index in [1.807, 2.05) is 17.8 Å². The molecular weight excluding hydrogens is 264 g/mol. The van der Waals surface area contributed by atoms with Crippen LogP contribution in [-0.2, 0) is 6.61 Å². The van der Waals surface area contributed by atoms with Crippen molar-refractivity contribution in [2.24, 2.45) is 0 Å². The zero-order valence-corrected chi connectivity index (χ0v) is 12.7. The van der Waals surface area contributed by atoms with Gasteiger partial charge in [0, 0.05) is 43.6 Å². The van der Waals surface area contributed by atoms with E-state index in [9.17, 15) is 5.11 Å². The molecule has 2 heterocycles. The molecule has 0 atom stereocenters. The van der Waals surface area contributed by atoms with Crippen molar-refractivity contribution in [3.05, 3.63) is 41.7 Å². The van der Waals surface area contributed by atoms with E-state index in [0.717, 1.165) is 43.1 Å². The third kappa shape index (κ3) is 2.94. The summed E-state index contributed by atoms with van der Waals surface area (Å²) in [6.45, 7) is 6.32. The first kappa shape index (κ1) is 14.1. The van der Waals surface area contributed by atoms with Crippen molar-refractivity contribution in [1.82, 2.24) is 14.7 Å². The van der Waals surface area contributed by atoms with Crippen molar-refractivity contribution in [3.8, 4) is 5.69 Å². The second-order valence-corrected chi connectivity index (χ2v) is 5.65. The topological polar surface area (TPSA) is 44.5 Å². The maximum Gasteiger partial charge on any atom is 0.0715 e. The average molecular weight is 286 g/mol. The first-order chi connectivity index (χ1) is 10.2. The highest BCUT2D eigenvalue weighted by Gasteiger charge is 2.14. The number of piperazine rings is 1. The lowest BCUT2D eigenvalue weighted by Crippen LogP contribution is -2.44. The van der Waals surface area contributed by atoms with Crippen LogP contribution >= 0.6 is 0 Å². The fourth-order valence-electron chi connectivity index (χ4n) is 2.66. The highest BCUT2D eigenvalue weighted by Crippen LogP contribution is 2.19. The molecule has 21 heavy (non-hydrogen) atoms. The molecule has 0 spiro atoms. The molecule has 0 bridgehead atoms. The Kier molecular flexibility index (Phi) is 3.94. The molecule has 1 aromatic heterocycles. The minimum Gasteiger partial charge on any atom is -0.392 e. The Morgan fingerprint density at radius 2 is 1.67 bits per heavy atom. The first-order valence-electron chi connectivity index (χ1n) is 7.37. The van der Waals surface area contributed by atoms with Crippen molar-refractivity contribution in [2.45, 2.75) is 13.5 Å². The molecule has 1 aliphatic rings. The Bertz CT molecular complexity index is 597. The van der Waals surface area contributed by atoms with E-state index >= 15 is 0 Å². The highest BCUT2D eigenvalue weighted by atomic mass is 16.3. The Balaban J connectivity index is 1.77. The number of aryl methyl sites for hydroxylation is 1. The summed E-state index contributed by atoms with van der Waals surface area (Å²) in [5.41, 5.74) is 4.03. The number of aliphatic hydroxyl groups is 1.